The predicted molar refractivity (Wildman–Crippen MR) is 70.3 cm³/mol. The van der Waals surface area contributed by atoms with Crippen LogP contribution in [0.4, 0.5) is 4.39 Å². The summed E-state index contributed by atoms with van der Waals surface area (Å²) < 4.78 is 18.6. The van der Waals surface area contributed by atoms with Crippen molar-refractivity contribution in [2.45, 2.75) is 11.8 Å². The third-order valence-electron chi connectivity index (χ3n) is 2.07. The van der Waals surface area contributed by atoms with E-state index in [1.165, 1.54) is 24.9 Å². The highest BCUT2D eigenvalue weighted by atomic mass is 79.9. The van der Waals surface area contributed by atoms with Crippen molar-refractivity contribution in [3.63, 3.8) is 0 Å². The molecule has 0 aliphatic carbocycles. The van der Waals surface area contributed by atoms with Crippen LogP contribution in [0, 0.1) is 5.82 Å². The Morgan fingerprint density at radius 3 is 2.94 bits per heavy atom. The topological polar surface area (TPSA) is 52.3 Å². The van der Waals surface area contributed by atoms with Gasteiger partial charge in [0, 0.05) is 16.0 Å². The Morgan fingerprint density at radius 1 is 1.65 bits per heavy atom. The van der Waals surface area contributed by atoms with Crippen LogP contribution in [-0.2, 0) is 15.3 Å². The zero-order valence-electron chi connectivity index (χ0n) is 9.28. The van der Waals surface area contributed by atoms with Gasteiger partial charge in [-0.15, -0.1) is 0 Å². The van der Waals surface area contributed by atoms with Gasteiger partial charge in [0.25, 0.3) is 0 Å². The number of esters is 1. The molecular formula is C11H13BrFNO2S. The summed E-state index contributed by atoms with van der Waals surface area (Å²) in [6.07, 6.45) is 0. The fourth-order valence-corrected chi connectivity index (χ4v) is 2.45. The lowest BCUT2D eigenvalue weighted by Crippen LogP contribution is -2.33. The SMILES string of the molecule is COC(=O)C(N)CSCc1ccc(Br)cc1F. The molecule has 1 rings (SSSR count). The van der Waals surface area contributed by atoms with E-state index in [4.69, 9.17) is 5.73 Å². The monoisotopic (exact) mass is 321 g/mol. The quantitative estimate of drug-likeness (QED) is 0.846. The van der Waals surface area contributed by atoms with Gasteiger partial charge in [-0.1, -0.05) is 22.0 Å². The van der Waals surface area contributed by atoms with E-state index in [0.29, 0.717) is 21.5 Å². The number of carbonyl (C=O) groups is 1. The summed E-state index contributed by atoms with van der Waals surface area (Å²) >= 11 is 4.59. The third-order valence-corrected chi connectivity index (χ3v) is 3.68. The standard InChI is InChI=1S/C11H13BrFNO2S/c1-16-11(15)10(14)6-17-5-7-2-3-8(12)4-9(7)13/h2-4,10H,5-6,14H2,1H3. The average Bonchev–Trinajstić information content (AvgIpc) is 2.30. The van der Waals surface area contributed by atoms with Gasteiger partial charge < -0.3 is 10.5 Å². The Labute approximate surface area is 112 Å². The summed E-state index contributed by atoms with van der Waals surface area (Å²) in [6.45, 7) is 0. The van der Waals surface area contributed by atoms with E-state index in [1.54, 1.807) is 12.1 Å². The van der Waals surface area contributed by atoms with Crippen LogP contribution in [0.2, 0.25) is 0 Å². The van der Waals surface area contributed by atoms with Crippen molar-refractivity contribution in [2.24, 2.45) is 5.73 Å². The lowest BCUT2D eigenvalue weighted by Gasteiger charge is -2.09. The fourth-order valence-electron chi connectivity index (χ4n) is 1.15. The molecule has 0 spiro atoms. The maximum Gasteiger partial charge on any atom is 0.323 e. The fraction of sp³-hybridized carbons (Fsp3) is 0.364. The molecular weight excluding hydrogens is 309 g/mol. The lowest BCUT2D eigenvalue weighted by molar-refractivity contribution is -0.141. The molecule has 2 N–H and O–H groups in total. The molecule has 0 aliphatic rings. The van der Waals surface area contributed by atoms with Gasteiger partial charge in [-0.3, -0.25) is 4.79 Å². The molecule has 0 saturated carbocycles. The molecule has 0 bridgehead atoms. The van der Waals surface area contributed by atoms with Gasteiger partial charge in [-0.2, -0.15) is 11.8 Å². The van der Waals surface area contributed by atoms with Crippen molar-refractivity contribution in [1.29, 1.82) is 0 Å². The van der Waals surface area contributed by atoms with Gasteiger partial charge in [-0.05, 0) is 17.7 Å². The number of ether oxygens (including phenoxy) is 1. The molecule has 0 aromatic heterocycles. The zero-order chi connectivity index (χ0) is 12.8. The van der Waals surface area contributed by atoms with E-state index in [2.05, 4.69) is 20.7 Å². The van der Waals surface area contributed by atoms with Crippen LogP contribution in [0.5, 0.6) is 0 Å². The van der Waals surface area contributed by atoms with Gasteiger partial charge in [0.05, 0.1) is 7.11 Å². The number of thioether (sulfide) groups is 1. The Morgan fingerprint density at radius 2 is 2.35 bits per heavy atom. The summed E-state index contributed by atoms with van der Waals surface area (Å²) in [7, 11) is 1.29. The normalized spacial score (nSPS) is 12.2. The predicted octanol–water partition coefficient (Wildman–Crippen LogP) is 2.32. The minimum Gasteiger partial charge on any atom is -0.468 e. The van der Waals surface area contributed by atoms with Crippen molar-refractivity contribution < 1.29 is 13.9 Å². The molecule has 0 amide bonds. The number of hydrogen-bond acceptors (Lipinski definition) is 4. The Balaban J connectivity index is 2.43. The summed E-state index contributed by atoms with van der Waals surface area (Å²) in [4.78, 5) is 11.0. The number of carbonyl (C=O) groups excluding carboxylic acids is 1. The molecule has 6 heteroatoms. The largest absolute Gasteiger partial charge is 0.468 e. The summed E-state index contributed by atoms with van der Waals surface area (Å²) in [5, 5.41) is 0. The molecule has 0 radical (unpaired) electrons. The van der Waals surface area contributed by atoms with Gasteiger partial charge in [0.2, 0.25) is 0 Å². The van der Waals surface area contributed by atoms with Crippen molar-refractivity contribution >= 4 is 33.7 Å². The zero-order valence-corrected chi connectivity index (χ0v) is 11.7. The van der Waals surface area contributed by atoms with Gasteiger partial charge >= 0.3 is 5.97 Å². The maximum absolute atomic E-state index is 13.4. The Hall–Kier alpha value is -0.590. The molecule has 3 nitrogen and oxygen atoms in total. The molecule has 0 saturated heterocycles. The highest BCUT2D eigenvalue weighted by molar-refractivity contribution is 9.10. The van der Waals surface area contributed by atoms with Gasteiger partial charge in [0.15, 0.2) is 0 Å². The first-order chi connectivity index (χ1) is 8.04. The van der Waals surface area contributed by atoms with Crippen molar-refractivity contribution in [2.75, 3.05) is 12.9 Å². The van der Waals surface area contributed by atoms with Crippen molar-refractivity contribution in [3.8, 4) is 0 Å². The highest BCUT2D eigenvalue weighted by Crippen LogP contribution is 2.20. The Bertz CT molecular complexity index is 403. The number of rotatable bonds is 5. The minimum absolute atomic E-state index is 0.265. The van der Waals surface area contributed by atoms with E-state index < -0.39 is 12.0 Å². The first-order valence-corrected chi connectivity index (χ1v) is 6.84. The first kappa shape index (κ1) is 14.5. The second-order valence-corrected chi connectivity index (χ2v) is 5.33. The minimum atomic E-state index is -0.663. The smallest absolute Gasteiger partial charge is 0.323 e. The number of nitrogens with two attached hydrogens (primary N) is 1. The second kappa shape index (κ2) is 6.98. The van der Waals surface area contributed by atoms with E-state index in [9.17, 15) is 9.18 Å². The molecule has 1 aromatic carbocycles. The van der Waals surface area contributed by atoms with Crippen molar-refractivity contribution in [1.82, 2.24) is 0 Å². The molecule has 94 valence electrons. The van der Waals surface area contributed by atoms with Crippen LogP contribution >= 0.6 is 27.7 Å². The molecule has 1 atom stereocenters. The lowest BCUT2D eigenvalue weighted by atomic mass is 10.2. The number of halogens is 2. The average molecular weight is 322 g/mol. The molecule has 0 fully saturated rings. The van der Waals surface area contributed by atoms with Crippen LogP contribution in [0.25, 0.3) is 0 Å². The number of hydrogen-bond donors (Lipinski definition) is 1. The van der Waals surface area contributed by atoms with E-state index >= 15 is 0 Å². The van der Waals surface area contributed by atoms with Crippen molar-refractivity contribution in [3.05, 3.63) is 34.1 Å². The molecule has 1 aromatic rings. The third kappa shape index (κ3) is 4.65. The summed E-state index contributed by atoms with van der Waals surface area (Å²) in [6, 6.07) is 4.23. The summed E-state index contributed by atoms with van der Waals surface area (Å²) in [5.41, 5.74) is 6.15. The summed E-state index contributed by atoms with van der Waals surface area (Å²) in [5.74, 6) is 0.165. The van der Waals surface area contributed by atoms with Crippen LogP contribution in [0.3, 0.4) is 0 Å². The van der Waals surface area contributed by atoms with Crippen LogP contribution in [0.15, 0.2) is 22.7 Å². The Kier molecular flexibility index (Phi) is 5.94. The molecule has 1 unspecified atom stereocenters. The molecule has 17 heavy (non-hydrogen) atoms. The van der Waals surface area contributed by atoms with Gasteiger partial charge in [0.1, 0.15) is 11.9 Å². The number of benzene rings is 1. The highest BCUT2D eigenvalue weighted by Gasteiger charge is 2.13. The number of methoxy groups -OCH3 is 1. The molecule has 0 aliphatic heterocycles. The van der Waals surface area contributed by atoms with E-state index in [1.807, 2.05) is 0 Å². The van der Waals surface area contributed by atoms with Crippen LogP contribution < -0.4 is 5.73 Å². The van der Waals surface area contributed by atoms with E-state index in [0.717, 1.165) is 0 Å². The first-order valence-electron chi connectivity index (χ1n) is 4.89. The second-order valence-electron chi connectivity index (χ2n) is 3.38. The van der Waals surface area contributed by atoms with E-state index in [-0.39, 0.29) is 5.82 Å². The van der Waals surface area contributed by atoms with Gasteiger partial charge in [-0.25, -0.2) is 4.39 Å². The van der Waals surface area contributed by atoms with Crippen LogP contribution in [-0.4, -0.2) is 24.9 Å². The molecule has 0 heterocycles. The maximum atomic E-state index is 13.4. The van der Waals surface area contributed by atoms with Crippen LogP contribution in [0.1, 0.15) is 5.56 Å².